The SMILES string of the molecule is CCNc1ccc(CN2CC3CCC(C2)O3)cc1[N+](=O)[O-]. The molecule has 2 aliphatic heterocycles. The van der Waals surface area contributed by atoms with Crippen LogP contribution in [0, 0.1) is 10.1 Å². The van der Waals surface area contributed by atoms with E-state index in [4.69, 9.17) is 4.74 Å². The summed E-state index contributed by atoms with van der Waals surface area (Å²) in [6, 6.07) is 5.48. The molecule has 2 unspecified atom stereocenters. The molecule has 0 amide bonds. The molecule has 2 saturated heterocycles. The summed E-state index contributed by atoms with van der Waals surface area (Å²) in [5, 5.41) is 14.2. The Bertz CT molecular complexity index is 523. The third-order valence-corrected chi connectivity index (χ3v) is 4.15. The van der Waals surface area contributed by atoms with Crippen LogP contribution in [0.5, 0.6) is 0 Å². The summed E-state index contributed by atoms with van der Waals surface area (Å²) < 4.78 is 5.82. The number of anilines is 1. The third-order valence-electron chi connectivity index (χ3n) is 4.15. The number of nitrogens with zero attached hydrogens (tertiary/aromatic N) is 2. The van der Waals surface area contributed by atoms with Gasteiger partial charge in [0.2, 0.25) is 0 Å². The van der Waals surface area contributed by atoms with Gasteiger partial charge in [-0.15, -0.1) is 0 Å². The molecule has 2 heterocycles. The maximum absolute atomic E-state index is 11.2. The van der Waals surface area contributed by atoms with Gasteiger partial charge in [-0.05, 0) is 31.4 Å². The zero-order valence-electron chi connectivity index (χ0n) is 12.2. The van der Waals surface area contributed by atoms with Crippen molar-refractivity contribution in [1.82, 2.24) is 4.90 Å². The molecule has 2 fully saturated rings. The highest BCUT2D eigenvalue weighted by atomic mass is 16.6. The minimum Gasteiger partial charge on any atom is -0.380 e. The summed E-state index contributed by atoms with van der Waals surface area (Å²) in [7, 11) is 0. The van der Waals surface area contributed by atoms with Gasteiger partial charge >= 0.3 is 0 Å². The van der Waals surface area contributed by atoms with Gasteiger partial charge in [0.05, 0.1) is 17.1 Å². The molecule has 1 N–H and O–H groups in total. The van der Waals surface area contributed by atoms with Crippen molar-refractivity contribution >= 4 is 11.4 Å². The number of likely N-dealkylation sites (tertiary alicyclic amines) is 1. The number of ether oxygens (including phenoxy) is 1. The topological polar surface area (TPSA) is 67.6 Å². The molecular formula is C15H21N3O3. The molecule has 0 radical (unpaired) electrons. The summed E-state index contributed by atoms with van der Waals surface area (Å²) in [5.74, 6) is 0. The Morgan fingerprint density at radius 2 is 2.10 bits per heavy atom. The van der Waals surface area contributed by atoms with Gasteiger partial charge in [0.1, 0.15) is 5.69 Å². The van der Waals surface area contributed by atoms with Crippen LogP contribution in [0.2, 0.25) is 0 Å². The number of nitrogens with one attached hydrogen (secondary N) is 1. The van der Waals surface area contributed by atoms with E-state index in [0.29, 0.717) is 24.4 Å². The molecule has 114 valence electrons. The average molecular weight is 291 g/mol. The smallest absolute Gasteiger partial charge is 0.292 e. The molecular weight excluding hydrogens is 270 g/mol. The van der Waals surface area contributed by atoms with Crippen molar-refractivity contribution in [2.75, 3.05) is 25.0 Å². The number of benzene rings is 1. The van der Waals surface area contributed by atoms with Crippen LogP contribution in [0.25, 0.3) is 0 Å². The molecule has 1 aromatic rings. The molecule has 0 aromatic heterocycles. The van der Waals surface area contributed by atoms with Gasteiger partial charge in [-0.3, -0.25) is 15.0 Å². The Morgan fingerprint density at radius 1 is 1.38 bits per heavy atom. The van der Waals surface area contributed by atoms with Crippen LogP contribution < -0.4 is 5.32 Å². The average Bonchev–Trinajstić information content (AvgIpc) is 2.80. The monoisotopic (exact) mass is 291 g/mol. The lowest BCUT2D eigenvalue weighted by Crippen LogP contribution is -2.41. The van der Waals surface area contributed by atoms with Gasteiger partial charge in [0, 0.05) is 32.2 Å². The van der Waals surface area contributed by atoms with Crippen LogP contribution in [-0.4, -0.2) is 41.7 Å². The molecule has 6 nitrogen and oxygen atoms in total. The van der Waals surface area contributed by atoms with E-state index in [-0.39, 0.29) is 10.6 Å². The lowest BCUT2D eigenvalue weighted by molar-refractivity contribution is -0.384. The molecule has 6 heteroatoms. The predicted octanol–water partition coefficient (Wildman–Crippen LogP) is 2.39. The second-order valence-corrected chi connectivity index (χ2v) is 5.79. The summed E-state index contributed by atoms with van der Waals surface area (Å²) in [6.45, 7) is 5.22. The van der Waals surface area contributed by atoms with E-state index >= 15 is 0 Å². The van der Waals surface area contributed by atoms with Crippen molar-refractivity contribution in [3.63, 3.8) is 0 Å². The van der Waals surface area contributed by atoms with E-state index < -0.39 is 0 Å². The van der Waals surface area contributed by atoms with Gasteiger partial charge < -0.3 is 10.1 Å². The van der Waals surface area contributed by atoms with Crippen LogP contribution in [0.15, 0.2) is 18.2 Å². The fraction of sp³-hybridized carbons (Fsp3) is 0.600. The minimum absolute atomic E-state index is 0.158. The van der Waals surface area contributed by atoms with Crippen LogP contribution in [0.3, 0.4) is 0 Å². The van der Waals surface area contributed by atoms with Crippen molar-refractivity contribution in [2.24, 2.45) is 0 Å². The van der Waals surface area contributed by atoms with E-state index in [1.807, 2.05) is 19.1 Å². The Balaban J connectivity index is 1.73. The molecule has 21 heavy (non-hydrogen) atoms. The first-order valence-corrected chi connectivity index (χ1v) is 7.54. The van der Waals surface area contributed by atoms with Crippen molar-refractivity contribution in [3.05, 3.63) is 33.9 Å². The van der Waals surface area contributed by atoms with Gasteiger partial charge in [0.25, 0.3) is 5.69 Å². The summed E-state index contributed by atoms with van der Waals surface area (Å²) in [5.41, 5.74) is 1.74. The van der Waals surface area contributed by atoms with Crippen molar-refractivity contribution in [3.8, 4) is 0 Å². The highest BCUT2D eigenvalue weighted by molar-refractivity contribution is 5.62. The number of hydrogen-bond donors (Lipinski definition) is 1. The molecule has 0 saturated carbocycles. The minimum atomic E-state index is -0.315. The highest BCUT2D eigenvalue weighted by Crippen LogP contribution is 2.29. The molecule has 1 aromatic carbocycles. The van der Waals surface area contributed by atoms with E-state index in [9.17, 15) is 10.1 Å². The van der Waals surface area contributed by atoms with Gasteiger partial charge in [-0.2, -0.15) is 0 Å². The third kappa shape index (κ3) is 3.16. The molecule has 2 atom stereocenters. The van der Waals surface area contributed by atoms with Crippen LogP contribution in [-0.2, 0) is 11.3 Å². The normalized spacial score (nSPS) is 25.0. The standard InChI is InChI=1S/C15H21N3O3/c1-2-16-14-6-3-11(7-15(14)18(19)20)8-17-9-12-4-5-13(10-17)21-12/h3,6-7,12-13,16H,2,4-5,8-10H2,1H3. The van der Waals surface area contributed by atoms with Crippen molar-refractivity contribution in [1.29, 1.82) is 0 Å². The zero-order valence-corrected chi connectivity index (χ0v) is 12.2. The second-order valence-electron chi connectivity index (χ2n) is 5.79. The lowest BCUT2D eigenvalue weighted by Gasteiger charge is -2.32. The highest BCUT2D eigenvalue weighted by Gasteiger charge is 2.33. The number of nitro groups is 1. The zero-order chi connectivity index (χ0) is 14.8. The fourth-order valence-electron chi connectivity index (χ4n) is 3.25. The summed E-state index contributed by atoms with van der Waals surface area (Å²) >= 11 is 0. The molecule has 0 spiro atoms. The fourth-order valence-corrected chi connectivity index (χ4v) is 3.25. The maximum atomic E-state index is 11.2. The predicted molar refractivity (Wildman–Crippen MR) is 80.4 cm³/mol. The van der Waals surface area contributed by atoms with Crippen molar-refractivity contribution in [2.45, 2.75) is 38.5 Å². The first-order chi connectivity index (χ1) is 10.2. The molecule has 2 bridgehead atoms. The summed E-state index contributed by atoms with van der Waals surface area (Å²) in [6.07, 6.45) is 2.97. The molecule has 0 aliphatic carbocycles. The van der Waals surface area contributed by atoms with E-state index in [2.05, 4.69) is 10.2 Å². The van der Waals surface area contributed by atoms with Gasteiger partial charge in [-0.1, -0.05) is 6.07 Å². The first-order valence-electron chi connectivity index (χ1n) is 7.54. The lowest BCUT2D eigenvalue weighted by atomic mass is 10.1. The number of morpholine rings is 1. The van der Waals surface area contributed by atoms with E-state index in [0.717, 1.165) is 38.0 Å². The number of hydrogen-bond acceptors (Lipinski definition) is 5. The van der Waals surface area contributed by atoms with Crippen molar-refractivity contribution < 1.29 is 9.66 Å². The largest absolute Gasteiger partial charge is 0.380 e. The Hall–Kier alpha value is -1.66. The van der Waals surface area contributed by atoms with Gasteiger partial charge in [-0.25, -0.2) is 0 Å². The van der Waals surface area contributed by atoms with Crippen LogP contribution >= 0.6 is 0 Å². The summed E-state index contributed by atoms with van der Waals surface area (Å²) in [4.78, 5) is 13.2. The maximum Gasteiger partial charge on any atom is 0.292 e. The van der Waals surface area contributed by atoms with E-state index in [1.54, 1.807) is 6.07 Å². The number of nitro benzene ring substituents is 1. The quantitative estimate of drug-likeness (QED) is 0.666. The molecule has 2 aliphatic rings. The number of rotatable bonds is 5. The second kappa shape index (κ2) is 5.99. The Labute approximate surface area is 124 Å². The Morgan fingerprint density at radius 3 is 2.71 bits per heavy atom. The van der Waals surface area contributed by atoms with E-state index in [1.165, 1.54) is 0 Å². The number of fused-ring (bicyclic) bond motifs is 2. The van der Waals surface area contributed by atoms with Crippen LogP contribution in [0.4, 0.5) is 11.4 Å². The Kier molecular flexibility index (Phi) is 4.07. The molecule has 3 rings (SSSR count). The van der Waals surface area contributed by atoms with Gasteiger partial charge in [0.15, 0.2) is 0 Å². The first kappa shape index (κ1) is 14.3. The van der Waals surface area contributed by atoms with Crippen LogP contribution in [0.1, 0.15) is 25.3 Å².